The number of amidine groups is 1. The Labute approximate surface area is 233 Å². The number of aromatic nitrogens is 1. The molecule has 0 amide bonds. The number of carbonyl (C=O) groups is 2. The summed E-state index contributed by atoms with van der Waals surface area (Å²) in [5, 5.41) is 16.0. The molecule has 0 aliphatic carbocycles. The fourth-order valence-electron chi connectivity index (χ4n) is 5.66. The number of aliphatic carboxylic acids is 1. The number of rotatable bonds is 8. The van der Waals surface area contributed by atoms with Crippen LogP contribution >= 0.6 is 22.9 Å². The Kier molecular flexibility index (Phi) is 8.01. The van der Waals surface area contributed by atoms with E-state index in [9.17, 15) is 19.1 Å². The molecule has 2 unspecified atom stereocenters. The lowest BCUT2D eigenvalue weighted by Crippen LogP contribution is -2.65. The van der Waals surface area contributed by atoms with Gasteiger partial charge in [0.05, 0.1) is 31.8 Å². The van der Waals surface area contributed by atoms with Gasteiger partial charge in [-0.15, -0.1) is 11.3 Å². The van der Waals surface area contributed by atoms with Crippen molar-refractivity contribution < 1.29 is 28.6 Å². The van der Waals surface area contributed by atoms with Gasteiger partial charge in [-0.3, -0.25) is 14.7 Å². The van der Waals surface area contributed by atoms with E-state index in [1.807, 2.05) is 0 Å². The number of aliphatic imine (C=N–C) groups is 1. The smallest absolute Gasteiger partial charge is 0.335 e. The molecule has 3 aliphatic rings. The average Bonchev–Trinajstić information content (AvgIpc) is 3.39. The zero-order valence-corrected chi connectivity index (χ0v) is 22.8. The summed E-state index contributed by atoms with van der Waals surface area (Å²) in [6.45, 7) is 3.09. The molecular weight excluding hydrogens is 549 g/mol. The molecule has 0 spiro atoms. The van der Waals surface area contributed by atoms with Crippen LogP contribution in [0.1, 0.15) is 42.8 Å². The second kappa shape index (κ2) is 11.3. The van der Waals surface area contributed by atoms with Crippen LogP contribution in [0.2, 0.25) is 5.02 Å². The number of ether oxygens (including phenoxy) is 2. The van der Waals surface area contributed by atoms with Crippen LogP contribution in [0.3, 0.4) is 0 Å². The molecule has 2 bridgehead atoms. The van der Waals surface area contributed by atoms with E-state index in [0.29, 0.717) is 48.2 Å². The van der Waals surface area contributed by atoms with Crippen molar-refractivity contribution in [3.63, 3.8) is 0 Å². The zero-order chi connectivity index (χ0) is 27.7. The number of hydrogen-bond acceptors (Lipinski definition) is 10. The molecule has 1 aromatic heterocycles. The van der Waals surface area contributed by atoms with Crippen LogP contribution in [0, 0.1) is 5.82 Å². The molecule has 4 N–H and O–H groups in total. The van der Waals surface area contributed by atoms with Crippen molar-refractivity contribution in [3.05, 3.63) is 62.5 Å². The Hall–Kier alpha value is -2.90. The standard InChI is InChI=1S/C26H29ClFN5O5S/c1-2-38-20(34)10-26(29)8-15-12-37-13-16(9-26)33(15)11-19-21(25(35)36)22(17-4-3-14(28)7-18(17)27)32-23(31-19)24-30-5-6-39-24/h3-7,15-16,22H,2,8-13,29H2,1H3,(H,31,32)(H,35,36)/t15?,16?,22-,26?/m0/s1. The highest BCUT2D eigenvalue weighted by Gasteiger charge is 2.47. The molecule has 1 aromatic carbocycles. The summed E-state index contributed by atoms with van der Waals surface area (Å²) < 4.78 is 24.8. The van der Waals surface area contributed by atoms with Gasteiger partial charge < -0.3 is 25.6 Å². The number of fused-ring (bicyclic) bond motifs is 2. The molecule has 0 radical (unpaired) electrons. The van der Waals surface area contributed by atoms with E-state index in [-0.39, 0.29) is 48.2 Å². The number of carbonyl (C=O) groups excluding carboxylic acids is 1. The van der Waals surface area contributed by atoms with Gasteiger partial charge in [-0.25, -0.2) is 14.2 Å². The minimum atomic E-state index is -1.17. The predicted octanol–water partition coefficient (Wildman–Crippen LogP) is 2.88. The third-order valence-corrected chi connectivity index (χ3v) is 8.34. The van der Waals surface area contributed by atoms with Gasteiger partial charge in [-0.1, -0.05) is 17.7 Å². The highest BCUT2D eigenvalue weighted by atomic mass is 35.5. The van der Waals surface area contributed by atoms with Gasteiger partial charge in [0.2, 0.25) is 0 Å². The number of nitrogens with zero attached hydrogens (tertiary/aromatic N) is 3. The van der Waals surface area contributed by atoms with Crippen molar-refractivity contribution in [2.24, 2.45) is 10.7 Å². The summed E-state index contributed by atoms with van der Waals surface area (Å²) in [7, 11) is 0. The van der Waals surface area contributed by atoms with E-state index in [1.54, 1.807) is 18.5 Å². The molecule has 10 nitrogen and oxygen atoms in total. The summed E-state index contributed by atoms with van der Waals surface area (Å²) >= 11 is 7.74. The molecule has 0 saturated carbocycles. The third-order valence-electron chi connectivity index (χ3n) is 7.23. The summed E-state index contributed by atoms with van der Waals surface area (Å²) in [5.41, 5.74) is 6.76. The van der Waals surface area contributed by atoms with Crippen LogP contribution < -0.4 is 11.1 Å². The van der Waals surface area contributed by atoms with Gasteiger partial charge in [-0.05, 0) is 31.9 Å². The van der Waals surface area contributed by atoms with Gasteiger partial charge in [0.15, 0.2) is 10.8 Å². The average molecular weight is 578 g/mol. The number of halogens is 2. The molecule has 4 heterocycles. The third kappa shape index (κ3) is 5.85. The Morgan fingerprint density at radius 2 is 2.10 bits per heavy atom. The molecule has 3 aliphatic heterocycles. The van der Waals surface area contributed by atoms with Crippen molar-refractivity contribution >= 4 is 40.7 Å². The molecule has 39 heavy (non-hydrogen) atoms. The Morgan fingerprint density at radius 3 is 2.72 bits per heavy atom. The molecular formula is C26H29ClFN5O5S. The lowest BCUT2D eigenvalue weighted by Gasteiger charge is -2.52. The van der Waals surface area contributed by atoms with Crippen LogP contribution in [0.25, 0.3) is 0 Å². The second-order valence-electron chi connectivity index (χ2n) is 9.98. The molecule has 2 fully saturated rings. The summed E-state index contributed by atoms with van der Waals surface area (Å²) in [4.78, 5) is 36.1. The van der Waals surface area contributed by atoms with Crippen molar-refractivity contribution in [2.45, 2.75) is 49.9 Å². The highest BCUT2D eigenvalue weighted by molar-refractivity contribution is 7.11. The SMILES string of the molecule is CCOC(=O)CC1(N)CC2COCC(C1)N2CC1=C(C(=O)O)[C@H](c2ccc(F)cc2Cl)N=C(c2nccs2)N1. The lowest BCUT2D eigenvalue weighted by atomic mass is 9.77. The van der Waals surface area contributed by atoms with Gasteiger partial charge >= 0.3 is 11.9 Å². The fraction of sp³-hybridized carbons (Fsp3) is 0.462. The molecule has 208 valence electrons. The summed E-state index contributed by atoms with van der Waals surface area (Å²) in [5.74, 6) is -1.62. The van der Waals surface area contributed by atoms with Crippen molar-refractivity contribution in [2.75, 3.05) is 26.4 Å². The maximum Gasteiger partial charge on any atom is 0.335 e. The monoisotopic (exact) mass is 577 g/mol. The van der Waals surface area contributed by atoms with E-state index in [1.165, 1.54) is 23.5 Å². The summed E-state index contributed by atoms with van der Waals surface area (Å²) in [6, 6.07) is 2.57. The van der Waals surface area contributed by atoms with Gasteiger partial charge in [0.25, 0.3) is 0 Å². The van der Waals surface area contributed by atoms with Crippen LogP contribution in [-0.2, 0) is 19.1 Å². The van der Waals surface area contributed by atoms with Gasteiger partial charge in [0.1, 0.15) is 11.9 Å². The number of carboxylic acids is 1. The lowest BCUT2D eigenvalue weighted by molar-refractivity contribution is -0.147. The molecule has 3 atom stereocenters. The minimum Gasteiger partial charge on any atom is -0.478 e. The van der Waals surface area contributed by atoms with Crippen molar-refractivity contribution in [3.8, 4) is 0 Å². The van der Waals surface area contributed by atoms with Crippen molar-refractivity contribution in [1.29, 1.82) is 0 Å². The number of thiazole rings is 1. The first-order chi connectivity index (χ1) is 18.7. The Morgan fingerprint density at radius 1 is 1.36 bits per heavy atom. The van der Waals surface area contributed by atoms with E-state index >= 15 is 0 Å². The first-order valence-electron chi connectivity index (χ1n) is 12.6. The molecule has 2 saturated heterocycles. The first kappa shape index (κ1) is 27.7. The maximum atomic E-state index is 13.8. The van der Waals surface area contributed by atoms with Crippen molar-refractivity contribution in [1.82, 2.24) is 15.2 Å². The number of nitrogens with two attached hydrogens (primary N) is 1. The van der Waals surface area contributed by atoms with Crippen LogP contribution in [0.15, 0.2) is 46.0 Å². The quantitative estimate of drug-likeness (QED) is 0.404. The Balaban J connectivity index is 1.50. The number of benzene rings is 1. The topological polar surface area (TPSA) is 139 Å². The number of hydrogen-bond donors (Lipinski definition) is 3. The zero-order valence-electron chi connectivity index (χ0n) is 21.2. The maximum absolute atomic E-state index is 13.8. The van der Waals surface area contributed by atoms with E-state index < -0.39 is 23.4 Å². The van der Waals surface area contributed by atoms with Crippen LogP contribution in [0.4, 0.5) is 4.39 Å². The van der Waals surface area contributed by atoms with Crippen LogP contribution in [-0.4, -0.2) is 76.8 Å². The molecule has 13 heteroatoms. The number of nitrogens with one attached hydrogen (secondary N) is 1. The number of esters is 1. The Bertz CT molecular complexity index is 1310. The van der Waals surface area contributed by atoms with Crippen LogP contribution in [0.5, 0.6) is 0 Å². The number of piperidine rings is 1. The highest BCUT2D eigenvalue weighted by Crippen LogP contribution is 2.39. The number of morpholine rings is 1. The fourth-order valence-corrected chi connectivity index (χ4v) is 6.52. The normalized spacial score (nSPS) is 27.1. The van der Waals surface area contributed by atoms with E-state index in [4.69, 9.17) is 26.8 Å². The number of carboxylic acid groups (broad SMARTS) is 1. The van der Waals surface area contributed by atoms with Gasteiger partial charge in [-0.2, -0.15) is 0 Å². The molecule has 5 rings (SSSR count). The molecule has 2 aromatic rings. The van der Waals surface area contributed by atoms with E-state index in [2.05, 4.69) is 20.2 Å². The van der Waals surface area contributed by atoms with Gasteiger partial charge in [0, 0.05) is 52.0 Å². The predicted molar refractivity (Wildman–Crippen MR) is 143 cm³/mol. The van der Waals surface area contributed by atoms with E-state index in [0.717, 1.165) is 6.07 Å². The minimum absolute atomic E-state index is 0.0129. The summed E-state index contributed by atoms with van der Waals surface area (Å²) in [6.07, 6.45) is 2.71. The second-order valence-corrected chi connectivity index (χ2v) is 11.3. The first-order valence-corrected chi connectivity index (χ1v) is 13.9. The largest absolute Gasteiger partial charge is 0.478 e.